The summed E-state index contributed by atoms with van der Waals surface area (Å²) in [7, 11) is 0. The van der Waals surface area contributed by atoms with Gasteiger partial charge in [0.25, 0.3) is 6.35 Å². The second-order valence-corrected chi connectivity index (χ2v) is 1.86. The lowest BCUT2D eigenvalue weighted by molar-refractivity contribution is -0.213. The number of amidine groups is 1. The van der Waals surface area contributed by atoms with Crippen LogP contribution in [0.2, 0.25) is 0 Å². The molecule has 0 saturated carbocycles. The van der Waals surface area contributed by atoms with Crippen molar-refractivity contribution in [3.8, 4) is 0 Å². The van der Waals surface area contributed by atoms with Crippen molar-refractivity contribution in [3.05, 3.63) is 12.5 Å². The summed E-state index contributed by atoms with van der Waals surface area (Å²) in [6.45, 7) is 0. The van der Waals surface area contributed by atoms with E-state index in [2.05, 4.69) is 5.10 Å². The number of aliphatic hydroxyl groups is 1. The minimum Gasteiger partial charge on any atom is -0.431 e. The number of nitrogens with zero attached hydrogens (tertiary/aromatic N) is 3. The lowest BCUT2D eigenvalue weighted by Gasteiger charge is -2.14. The van der Waals surface area contributed by atoms with E-state index in [1.54, 1.807) is 0 Å². The number of aliphatic hydroxyl groups excluding tert-OH is 1. The molecule has 0 aromatic heterocycles. The average Bonchev–Trinajstić information content (AvgIpc) is 2.41. The zero-order chi connectivity index (χ0) is 7.14. The van der Waals surface area contributed by atoms with Crippen LogP contribution in [0.25, 0.3) is 0 Å². The first kappa shape index (κ1) is 5.51. The standard InChI is InChI=1S/C4H5N3O3/c8-4-6-1-2-10-3(6)5-7(4)9/h1-2,4,8-9H. The highest BCUT2D eigenvalue weighted by molar-refractivity contribution is 5.78. The first-order chi connectivity index (χ1) is 4.79. The molecular formula is C4H5N3O3. The van der Waals surface area contributed by atoms with Gasteiger partial charge in [0.2, 0.25) is 0 Å². The second kappa shape index (κ2) is 1.61. The predicted octanol–water partition coefficient (Wildman–Crippen LogP) is -0.958. The first-order valence-corrected chi connectivity index (χ1v) is 2.65. The molecule has 0 saturated heterocycles. The summed E-state index contributed by atoms with van der Waals surface area (Å²) in [5.74, 6) is 0. The molecule has 2 rings (SSSR count). The Kier molecular flexibility index (Phi) is 0.889. The molecule has 0 fully saturated rings. The third kappa shape index (κ3) is 0.514. The van der Waals surface area contributed by atoms with Crippen molar-refractivity contribution in [2.45, 2.75) is 6.35 Å². The van der Waals surface area contributed by atoms with E-state index in [1.165, 1.54) is 17.4 Å². The molecule has 1 atom stereocenters. The van der Waals surface area contributed by atoms with Crippen molar-refractivity contribution >= 4 is 6.02 Å². The van der Waals surface area contributed by atoms with Gasteiger partial charge in [-0.25, -0.2) is 0 Å². The van der Waals surface area contributed by atoms with Crippen LogP contribution in [-0.2, 0) is 4.74 Å². The number of hydrogen-bond donors (Lipinski definition) is 2. The Morgan fingerprint density at radius 1 is 1.70 bits per heavy atom. The van der Waals surface area contributed by atoms with Gasteiger partial charge in [-0.05, 0) is 0 Å². The monoisotopic (exact) mass is 143 g/mol. The zero-order valence-corrected chi connectivity index (χ0v) is 4.88. The average molecular weight is 143 g/mol. The van der Waals surface area contributed by atoms with Crippen LogP contribution in [0.15, 0.2) is 17.6 Å². The molecule has 1 unspecified atom stereocenters. The molecule has 0 amide bonds. The summed E-state index contributed by atoms with van der Waals surface area (Å²) >= 11 is 0. The smallest absolute Gasteiger partial charge is 0.324 e. The van der Waals surface area contributed by atoms with Gasteiger partial charge in [-0.2, -0.15) is 0 Å². The van der Waals surface area contributed by atoms with E-state index >= 15 is 0 Å². The Hall–Kier alpha value is -1.27. The van der Waals surface area contributed by atoms with Crippen LogP contribution in [-0.4, -0.2) is 32.8 Å². The molecule has 0 spiro atoms. The number of ether oxygens (including phenoxy) is 1. The quantitative estimate of drug-likeness (QED) is 0.457. The minimum atomic E-state index is -1.16. The molecule has 10 heavy (non-hydrogen) atoms. The Labute approximate surface area is 56.2 Å². The highest BCUT2D eigenvalue weighted by atomic mass is 16.6. The van der Waals surface area contributed by atoms with Crippen LogP contribution in [0.5, 0.6) is 0 Å². The minimum absolute atomic E-state index is 0.176. The molecule has 2 aliphatic heterocycles. The molecule has 0 aromatic carbocycles. The Morgan fingerprint density at radius 2 is 2.50 bits per heavy atom. The van der Waals surface area contributed by atoms with E-state index in [4.69, 9.17) is 15.1 Å². The molecule has 0 bridgehead atoms. The second-order valence-electron chi connectivity index (χ2n) is 1.86. The first-order valence-electron chi connectivity index (χ1n) is 2.65. The molecule has 6 heteroatoms. The van der Waals surface area contributed by atoms with E-state index < -0.39 is 6.35 Å². The topological polar surface area (TPSA) is 68.5 Å². The number of hydrogen-bond acceptors (Lipinski definition) is 6. The van der Waals surface area contributed by atoms with E-state index in [0.717, 1.165) is 0 Å². The van der Waals surface area contributed by atoms with Gasteiger partial charge in [-0.3, -0.25) is 10.1 Å². The van der Waals surface area contributed by atoms with Gasteiger partial charge in [0.15, 0.2) is 0 Å². The fourth-order valence-corrected chi connectivity index (χ4v) is 0.783. The molecular weight excluding hydrogens is 138 g/mol. The lowest BCUT2D eigenvalue weighted by Crippen LogP contribution is -2.35. The van der Waals surface area contributed by atoms with E-state index in [1.807, 2.05) is 0 Å². The predicted molar refractivity (Wildman–Crippen MR) is 29.1 cm³/mol. The van der Waals surface area contributed by atoms with Crippen LogP contribution in [0.3, 0.4) is 0 Å². The van der Waals surface area contributed by atoms with Crippen LogP contribution < -0.4 is 0 Å². The van der Waals surface area contributed by atoms with Gasteiger partial charge >= 0.3 is 6.02 Å². The SMILES string of the molecule is OC1N(O)N=C2OC=CN21. The van der Waals surface area contributed by atoms with Gasteiger partial charge in [0, 0.05) is 6.20 Å². The summed E-state index contributed by atoms with van der Waals surface area (Å²) in [5.41, 5.74) is 0. The molecule has 54 valence electrons. The Balaban J connectivity index is 2.27. The van der Waals surface area contributed by atoms with Crippen molar-refractivity contribution in [3.63, 3.8) is 0 Å². The van der Waals surface area contributed by atoms with Gasteiger partial charge in [0.1, 0.15) is 6.26 Å². The van der Waals surface area contributed by atoms with E-state index in [0.29, 0.717) is 5.17 Å². The van der Waals surface area contributed by atoms with Crippen LogP contribution in [0.1, 0.15) is 0 Å². The fraction of sp³-hybridized carbons (Fsp3) is 0.250. The molecule has 0 radical (unpaired) electrons. The summed E-state index contributed by atoms with van der Waals surface area (Å²) in [4.78, 5) is 1.28. The van der Waals surface area contributed by atoms with Gasteiger partial charge < -0.3 is 9.84 Å². The highest BCUT2D eigenvalue weighted by Gasteiger charge is 2.34. The van der Waals surface area contributed by atoms with Gasteiger partial charge in [0.05, 0.1) is 0 Å². The molecule has 6 nitrogen and oxygen atoms in total. The normalized spacial score (nSPS) is 28.6. The van der Waals surface area contributed by atoms with Crippen molar-refractivity contribution in [2.75, 3.05) is 0 Å². The van der Waals surface area contributed by atoms with Gasteiger partial charge in [-0.15, -0.1) is 5.17 Å². The van der Waals surface area contributed by atoms with Crippen molar-refractivity contribution in [1.82, 2.24) is 10.1 Å². The number of hydrazone groups is 1. The third-order valence-corrected chi connectivity index (χ3v) is 1.26. The maximum absolute atomic E-state index is 9.02. The Bertz CT molecular complexity index is 214. The highest BCUT2D eigenvalue weighted by Crippen LogP contribution is 2.17. The summed E-state index contributed by atoms with van der Waals surface area (Å²) < 4.78 is 4.75. The maximum atomic E-state index is 9.02. The summed E-state index contributed by atoms with van der Waals surface area (Å²) in [6, 6.07) is 0.176. The van der Waals surface area contributed by atoms with Gasteiger partial charge in [-0.1, -0.05) is 5.10 Å². The number of fused-ring (bicyclic) bond motifs is 1. The van der Waals surface area contributed by atoms with Crippen LogP contribution in [0, 0.1) is 0 Å². The van der Waals surface area contributed by atoms with E-state index in [-0.39, 0.29) is 6.02 Å². The Morgan fingerprint density at radius 3 is 3.20 bits per heavy atom. The van der Waals surface area contributed by atoms with Crippen LogP contribution in [0.4, 0.5) is 0 Å². The van der Waals surface area contributed by atoms with Crippen molar-refractivity contribution < 1.29 is 15.1 Å². The molecule has 2 N–H and O–H groups in total. The number of rotatable bonds is 0. The van der Waals surface area contributed by atoms with Crippen molar-refractivity contribution in [2.24, 2.45) is 5.10 Å². The summed E-state index contributed by atoms with van der Waals surface area (Å²) in [5, 5.41) is 21.6. The largest absolute Gasteiger partial charge is 0.431 e. The maximum Gasteiger partial charge on any atom is 0.324 e. The fourth-order valence-electron chi connectivity index (χ4n) is 0.783. The lowest BCUT2D eigenvalue weighted by atomic mass is 10.7. The molecule has 0 aliphatic carbocycles. The van der Waals surface area contributed by atoms with Crippen LogP contribution >= 0.6 is 0 Å². The zero-order valence-electron chi connectivity index (χ0n) is 4.88. The third-order valence-electron chi connectivity index (χ3n) is 1.26. The molecule has 0 aromatic rings. The summed E-state index contributed by atoms with van der Waals surface area (Å²) in [6.07, 6.45) is 1.68. The molecule has 2 heterocycles. The number of hydroxylamine groups is 1. The van der Waals surface area contributed by atoms with E-state index in [9.17, 15) is 0 Å². The molecule has 2 aliphatic rings. The van der Waals surface area contributed by atoms with Crippen molar-refractivity contribution in [1.29, 1.82) is 0 Å².